The highest BCUT2D eigenvalue weighted by atomic mass is 16.3. The van der Waals surface area contributed by atoms with Crippen molar-refractivity contribution in [2.45, 2.75) is 19.9 Å². The van der Waals surface area contributed by atoms with Crippen molar-refractivity contribution in [3.05, 3.63) is 95.3 Å². The number of rotatable bonds is 3. The van der Waals surface area contributed by atoms with Gasteiger partial charge in [0.15, 0.2) is 11.6 Å². The number of furan rings is 1. The fourth-order valence-corrected chi connectivity index (χ4v) is 4.56. The fourth-order valence-electron chi connectivity index (χ4n) is 4.56. The summed E-state index contributed by atoms with van der Waals surface area (Å²) in [5, 5.41) is 1.88. The molecule has 0 atom stereocenters. The van der Waals surface area contributed by atoms with Crippen LogP contribution < -0.4 is 0 Å². The fraction of sp³-hybridized carbons (Fsp3) is 0.107. The average molecular weight is 432 g/mol. The second-order valence-electron chi connectivity index (χ2n) is 8.56. The molecule has 5 aromatic rings. The van der Waals surface area contributed by atoms with Gasteiger partial charge in [0.1, 0.15) is 17.1 Å². The van der Waals surface area contributed by atoms with Gasteiger partial charge in [0, 0.05) is 28.8 Å². The molecule has 2 aromatic heterocycles. The van der Waals surface area contributed by atoms with E-state index >= 15 is 0 Å². The van der Waals surface area contributed by atoms with Crippen molar-refractivity contribution >= 4 is 39.6 Å². The van der Waals surface area contributed by atoms with Gasteiger partial charge in [-0.2, -0.15) is 4.98 Å². The highest BCUT2D eigenvalue weighted by Crippen LogP contribution is 2.34. The second-order valence-corrected chi connectivity index (χ2v) is 8.56. The van der Waals surface area contributed by atoms with Gasteiger partial charge in [-0.3, -0.25) is 9.59 Å². The molecule has 0 saturated heterocycles. The Kier molecular flexibility index (Phi) is 4.20. The van der Waals surface area contributed by atoms with Crippen molar-refractivity contribution in [2.75, 3.05) is 0 Å². The van der Waals surface area contributed by atoms with Crippen molar-refractivity contribution in [1.29, 1.82) is 0 Å². The van der Waals surface area contributed by atoms with Gasteiger partial charge in [0.05, 0.1) is 5.57 Å². The third-order valence-corrected chi connectivity index (χ3v) is 6.13. The highest BCUT2D eigenvalue weighted by Gasteiger charge is 2.34. The molecule has 5 heteroatoms. The van der Waals surface area contributed by atoms with Crippen LogP contribution in [0.2, 0.25) is 0 Å². The number of allylic oxidation sites excluding steroid dienone is 1. The van der Waals surface area contributed by atoms with Crippen LogP contribution in [0.15, 0.2) is 82.8 Å². The van der Waals surface area contributed by atoms with E-state index in [1.807, 2.05) is 79.1 Å². The Morgan fingerprint density at radius 3 is 2.06 bits per heavy atom. The molecule has 1 aliphatic rings. The average Bonchev–Trinajstić information content (AvgIpc) is 3.44. The molecule has 1 aliphatic carbocycles. The zero-order valence-electron chi connectivity index (χ0n) is 18.2. The molecule has 6 rings (SSSR count). The molecule has 0 saturated carbocycles. The van der Waals surface area contributed by atoms with E-state index in [0.29, 0.717) is 22.7 Å². The van der Waals surface area contributed by atoms with Crippen LogP contribution in [0.5, 0.6) is 0 Å². The van der Waals surface area contributed by atoms with Crippen LogP contribution in [-0.4, -0.2) is 21.1 Å². The molecule has 0 N–H and O–H groups in total. The van der Waals surface area contributed by atoms with E-state index in [2.05, 4.69) is 4.98 Å². The van der Waals surface area contributed by atoms with Gasteiger partial charge in [-0.1, -0.05) is 54.6 Å². The lowest BCUT2D eigenvalue weighted by molar-refractivity contribution is 0.0990. The van der Waals surface area contributed by atoms with Gasteiger partial charge < -0.3 is 8.98 Å². The molecule has 0 amide bonds. The number of benzene rings is 3. The molecule has 2 heterocycles. The maximum absolute atomic E-state index is 13.2. The summed E-state index contributed by atoms with van der Waals surface area (Å²) in [6, 6.07) is 23.2. The summed E-state index contributed by atoms with van der Waals surface area (Å²) in [6.07, 6.45) is 1.60. The van der Waals surface area contributed by atoms with Gasteiger partial charge >= 0.3 is 0 Å². The van der Waals surface area contributed by atoms with Gasteiger partial charge in [-0.25, -0.2) is 0 Å². The highest BCUT2D eigenvalue weighted by molar-refractivity contribution is 6.42. The molecule has 0 fully saturated rings. The van der Waals surface area contributed by atoms with Crippen LogP contribution in [0.4, 0.5) is 0 Å². The van der Waals surface area contributed by atoms with Crippen molar-refractivity contribution in [2.24, 2.45) is 0 Å². The number of ketones is 2. The van der Waals surface area contributed by atoms with Gasteiger partial charge in [0.2, 0.25) is 5.71 Å². The number of fused-ring (bicyclic) bond motifs is 3. The predicted octanol–water partition coefficient (Wildman–Crippen LogP) is 6.49. The molecule has 5 nitrogen and oxygen atoms in total. The number of carbonyl (C=O) groups excluding carboxylic acids is 2. The Labute approximate surface area is 190 Å². The summed E-state index contributed by atoms with van der Waals surface area (Å²) in [4.78, 5) is 31.0. The number of nitrogens with zero attached hydrogens (tertiary/aromatic N) is 2. The molecule has 0 unspecified atom stereocenters. The van der Waals surface area contributed by atoms with E-state index in [1.165, 1.54) is 0 Å². The number of Topliss-reactive ketones (excluding diaryl/α,β-unsaturated/α-hetero) is 2. The number of imidazole rings is 1. The lowest BCUT2D eigenvalue weighted by Crippen LogP contribution is -2.06. The lowest BCUT2D eigenvalue weighted by Gasteiger charge is -2.10. The Bertz CT molecular complexity index is 1560. The quantitative estimate of drug-likeness (QED) is 0.241. The summed E-state index contributed by atoms with van der Waals surface area (Å²) >= 11 is 0. The van der Waals surface area contributed by atoms with E-state index in [-0.39, 0.29) is 23.2 Å². The predicted molar refractivity (Wildman–Crippen MR) is 128 cm³/mol. The minimum atomic E-state index is -0.263. The maximum atomic E-state index is 13.2. The smallest absolute Gasteiger partial charge is 0.245 e. The molecule has 160 valence electrons. The summed E-state index contributed by atoms with van der Waals surface area (Å²) in [7, 11) is 0. The SMILES string of the molecule is CC(C)n1c(C=C2C(=O)c3cc4ccccc4cc3C2=O)nc2oc(-c3ccccc3)cc21. The number of aromatic nitrogens is 2. The summed E-state index contributed by atoms with van der Waals surface area (Å²) in [5.74, 6) is 0.738. The van der Waals surface area contributed by atoms with E-state index in [4.69, 9.17) is 4.42 Å². The molecule has 0 bridgehead atoms. The zero-order valence-corrected chi connectivity index (χ0v) is 18.2. The van der Waals surface area contributed by atoms with Crippen LogP contribution in [0.25, 0.3) is 39.4 Å². The van der Waals surface area contributed by atoms with Crippen molar-refractivity contribution in [1.82, 2.24) is 9.55 Å². The molecular formula is C28H20N2O3. The summed E-state index contributed by atoms with van der Waals surface area (Å²) in [5.41, 5.74) is 3.31. The Morgan fingerprint density at radius 1 is 0.848 bits per heavy atom. The van der Waals surface area contributed by atoms with Crippen LogP contribution in [0.3, 0.4) is 0 Å². The normalized spacial score (nSPS) is 13.5. The largest absolute Gasteiger partial charge is 0.436 e. The maximum Gasteiger partial charge on any atom is 0.245 e. The van der Waals surface area contributed by atoms with Crippen LogP contribution in [0.1, 0.15) is 46.4 Å². The minimum Gasteiger partial charge on any atom is -0.436 e. The first-order valence-electron chi connectivity index (χ1n) is 10.9. The van der Waals surface area contributed by atoms with Crippen molar-refractivity contribution in [3.8, 4) is 11.3 Å². The first-order chi connectivity index (χ1) is 16.0. The van der Waals surface area contributed by atoms with Gasteiger partial charge in [0.25, 0.3) is 0 Å². The van der Waals surface area contributed by atoms with E-state index in [0.717, 1.165) is 27.6 Å². The van der Waals surface area contributed by atoms with Crippen LogP contribution in [0, 0.1) is 0 Å². The van der Waals surface area contributed by atoms with Crippen LogP contribution >= 0.6 is 0 Å². The first-order valence-corrected chi connectivity index (χ1v) is 10.9. The molecule has 33 heavy (non-hydrogen) atoms. The van der Waals surface area contributed by atoms with E-state index in [9.17, 15) is 9.59 Å². The van der Waals surface area contributed by atoms with Crippen LogP contribution in [-0.2, 0) is 0 Å². The van der Waals surface area contributed by atoms with E-state index < -0.39 is 0 Å². The molecule has 0 radical (unpaired) electrons. The third-order valence-electron chi connectivity index (χ3n) is 6.13. The molecular weight excluding hydrogens is 412 g/mol. The summed E-state index contributed by atoms with van der Waals surface area (Å²) in [6.45, 7) is 4.08. The minimum absolute atomic E-state index is 0.0552. The number of carbonyl (C=O) groups is 2. The van der Waals surface area contributed by atoms with Crippen molar-refractivity contribution in [3.63, 3.8) is 0 Å². The monoisotopic (exact) mass is 432 g/mol. The number of hydrogen-bond donors (Lipinski definition) is 0. The van der Waals surface area contributed by atoms with Gasteiger partial charge in [-0.05, 0) is 42.8 Å². The standard InChI is InChI=1S/C28H20N2O3/c1-16(2)30-23-15-24(17-8-4-3-5-9-17)33-28(23)29-25(30)14-22-26(31)20-12-18-10-6-7-11-19(18)13-21(20)27(22)32/h3-16H,1-2H3. The molecule has 0 spiro atoms. The van der Waals surface area contributed by atoms with Gasteiger partial charge in [-0.15, -0.1) is 0 Å². The Morgan fingerprint density at radius 2 is 1.45 bits per heavy atom. The lowest BCUT2D eigenvalue weighted by atomic mass is 10.0. The number of hydrogen-bond acceptors (Lipinski definition) is 4. The van der Waals surface area contributed by atoms with Crippen molar-refractivity contribution < 1.29 is 14.0 Å². The second kappa shape index (κ2) is 7.14. The molecule has 0 aliphatic heterocycles. The first kappa shape index (κ1) is 19.4. The molecule has 3 aromatic carbocycles. The van der Waals surface area contributed by atoms with E-state index in [1.54, 1.807) is 18.2 Å². The zero-order chi connectivity index (χ0) is 22.7. The summed E-state index contributed by atoms with van der Waals surface area (Å²) < 4.78 is 8.03. The third kappa shape index (κ3) is 2.97. The Balaban J connectivity index is 1.47. The Hall–Kier alpha value is -4.25. The topological polar surface area (TPSA) is 65.1 Å².